The summed E-state index contributed by atoms with van der Waals surface area (Å²) in [6, 6.07) is 9.35. The maximum atomic E-state index is 12.7. The molecule has 0 radical (unpaired) electrons. The van der Waals surface area contributed by atoms with Crippen molar-refractivity contribution in [3.05, 3.63) is 36.4 Å². The van der Waals surface area contributed by atoms with Crippen molar-refractivity contribution in [2.45, 2.75) is 18.7 Å². The van der Waals surface area contributed by atoms with E-state index in [1.165, 1.54) is 37.5 Å². The molecule has 148 valence electrons. The molecule has 0 unspecified atom stereocenters. The predicted molar refractivity (Wildman–Crippen MR) is 109 cm³/mol. The molecule has 0 saturated heterocycles. The Labute approximate surface area is 166 Å². The Morgan fingerprint density at radius 3 is 2.54 bits per heavy atom. The number of carbonyl (C=O) groups is 1. The molecule has 0 saturated carbocycles. The highest BCUT2D eigenvalue weighted by atomic mass is 32.2. The van der Waals surface area contributed by atoms with Crippen LogP contribution in [0.25, 0.3) is 10.2 Å². The Balaban J connectivity index is 1.93. The van der Waals surface area contributed by atoms with Gasteiger partial charge in [-0.25, -0.2) is 13.4 Å². The van der Waals surface area contributed by atoms with E-state index in [1.54, 1.807) is 24.3 Å². The average molecular weight is 422 g/mol. The fraction of sp³-hybridized carbons (Fsp3) is 0.222. The van der Waals surface area contributed by atoms with E-state index in [0.29, 0.717) is 39.1 Å². The summed E-state index contributed by atoms with van der Waals surface area (Å²) in [5.74, 6) is 0.754. The number of anilines is 2. The van der Waals surface area contributed by atoms with Crippen LogP contribution in [0.3, 0.4) is 0 Å². The number of nitrogens with one attached hydrogen (secondary N) is 2. The number of hydrogen-bond donors (Lipinski definition) is 2. The number of hydrogen-bond acceptors (Lipinski definition) is 7. The molecule has 0 spiro atoms. The van der Waals surface area contributed by atoms with Gasteiger partial charge in [0.15, 0.2) is 5.13 Å². The fourth-order valence-corrected chi connectivity index (χ4v) is 4.52. The molecule has 2 N–H and O–H groups in total. The lowest BCUT2D eigenvalue weighted by atomic mass is 10.3. The quantitative estimate of drug-likeness (QED) is 0.605. The minimum absolute atomic E-state index is 0.109. The Morgan fingerprint density at radius 2 is 1.93 bits per heavy atom. The summed E-state index contributed by atoms with van der Waals surface area (Å²) in [5.41, 5.74) is 0.872. The van der Waals surface area contributed by atoms with Crippen LogP contribution in [0.1, 0.15) is 13.8 Å². The molecule has 2 aromatic carbocycles. The Kier molecular flexibility index (Phi) is 5.71. The van der Waals surface area contributed by atoms with Gasteiger partial charge in [-0.05, 0) is 37.3 Å². The molecule has 0 atom stereocenters. The topological polar surface area (TPSA) is 107 Å². The second kappa shape index (κ2) is 8.03. The number of fused-ring (bicyclic) bond motifs is 1. The molecule has 1 heterocycles. The van der Waals surface area contributed by atoms with Crippen molar-refractivity contribution < 1.29 is 22.7 Å². The highest BCUT2D eigenvalue weighted by Crippen LogP contribution is 2.36. The normalized spacial score (nSPS) is 11.2. The number of carbonyl (C=O) groups excluding carboxylic acids is 1. The van der Waals surface area contributed by atoms with Gasteiger partial charge in [0.05, 0.1) is 29.0 Å². The molecule has 3 rings (SSSR count). The number of benzene rings is 2. The number of thiazole rings is 1. The lowest BCUT2D eigenvalue weighted by molar-refractivity contribution is -0.114. The molecule has 10 heteroatoms. The first-order chi connectivity index (χ1) is 13.3. The zero-order valence-corrected chi connectivity index (χ0v) is 17.1. The van der Waals surface area contributed by atoms with E-state index < -0.39 is 10.0 Å². The zero-order chi connectivity index (χ0) is 20.3. The fourth-order valence-electron chi connectivity index (χ4n) is 2.51. The Morgan fingerprint density at radius 1 is 1.21 bits per heavy atom. The molecule has 1 amide bonds. The second-order valence-corrected chi connectivity index (χ2v) is 8.45. The van der Waals surface area contributed by atoms with Crippen molar-refractivity contribution in [1.29, 1.82) is 0 Å². The minimum Gasteiger partial charge on any atom is -0.494 e. The summed E-state index contributed by atoms with van der Waals surface area (Å²) in [4.78, 5) is 15.7. The third-order valence-electron chi connectivity index (χ3n) is 3.66. The van der Waals surface area contributed by atoms with Gasteiger partial charge < -0.3 is 14.8 Å². The van der Waals surface area contributed by atoms with E-state index in [1.807, 2.05) is 6.92 Å². The molecule has 3 aromatic rings. The largest absolute Gasteiger partial charge is 0.494 e. The van der Waals surface area contributed by atoms with Crippen LogP contribution in [-0.4, -0.2) is 33.0 Å². The SMILES string of the molecule is CCOc1ccc(S(=O)(=O)Nc2cc(OC)c3nc(NC(C)=O)sc3c2)cc1. The number of aromatic nitrogens is 1. The lowest BCUT2D eigenvalue weighted by Crippen LogP contribution is -2.13. The summed E-state index contributed by atoms with van der Waals surface area (Å²) in [6.07, 6.45) is 0. The lowest BCUT2D eigenvalue weighted by Gasteiger charge is -2.10. The average Bonchev–Trinajstić information content (AvgIpc) is 3.03. The van der Waals surface area contributed by atoms with Gasteiger partial charge in [0.2, 0.25) is 5.91 Å². The van der Waals surface area contributed by atoms with E-state index in [-0.39, 0.29) is 10.8 Å². The van der Waals surface area contributed by atoms with Crippen LogP contribution in [0.15, 0.2) is 41.3 Å². The van der Waals surface area contributed by atoms with Gasteiger partial charge in [0, 0.05) is 13.0 Å². The summed E-state index contributed by atoms with van der Waals surface area (Å²) >= 11 is 1.22. The van der Waals surface area contributed by atoms with Crippen LogP contribution in [0.5, 0.6) is 11.5 Å². The van der Waals surface area contributed by atoms with Crippen molar-refractivity contribution in [2.75, 3.05) is 23.8 Å². The third kappa shape index (κ3) is 4.34. The Bertz CT molecular complexity index is 1110. The first-order valence-electron chi connectivity index (χ1n) is 8.34. The maximum Gasteiger partial charge on any atom is 0.261 e. The first kappa shape index (κ1) is 19.9. The third-order valence-corrected chi connectivity index (χ3v) is 5.98. The second-order valence-electron chi connectivity index (χ2n) is 5.74. The van der Waals surface area contributed by atoms with Crippen LogP contribution in [0, 0.1) is 0 Å². The number of rotatable bonds is 7. The van der Waals surface area contributed by atoms with Crippen LogP contribution < -0.4 is 19.5 Å². The van der Waals surface area contributed by atoms with Crippen LogP contribution in [0.4, 0.5) is 10.8 Å². The minimum atomic E-state index is -3.80. The molecule has 0 aliphatic heterocycles. The van der Waals surface area contributed by atoms with Gasteiger partial charge >= 0.3 is 0 Å². The van der Waals surface area contributed by atoms with Crippen LogP contribution in [0.2, 0.25) is 0 Å². The molecule has 1 aromatic heterocycles. The van der Waals surface area contributed by atoms with E-state index in [4.69, 9.17) is 9.47 Å². The van der Waals surface area contributed by atoms with Gasteiger partial charge in [-0.1, -0.05) is 11.3 Å². The van der Waals surface area contributed by atoms with E-state index in [2.05, 4.69) is 15.0 Å². The number of methoxy groups -OCH3 is 1. The van der Waals surface area contributed by atoms with Crippen molar-refractivity contribution in [2.24, 2.45) is 0 Å². The molecule has 0 aliphatic rings. The molecule has 28 heavy (non-hydrogen) atoms. The summed E-state index contributed by atoms with van der Waals surface area (Å²) in [5, 5.41) is 3.03. The number of sulfonamides is 1. The molecule has 8 nitrogen and oxygen atoms in total. The molecule has 0 bridgehead atoms. The molecule has 0 fully saturated rings. The van der Waals surface area contributed by atoms with Gasteiger partial charge in [-0.15, -0.1) is 0 Å². The van der Waals surface area contributed by atoms with Crippen molar-refractivity contribution >= 4 is 48.3 Å². The highest BCUT2D eigenvalue weighted by molar-refractivity contribution is 7.92. The monoisotopic (exact) mass is 421 g/mol. The van der Waals surface area contributed by atoms with E-state index >= 15 is 0 Å². The molecular formula is C18H19N3O5S2. The first-order valence-corrected chi connectivity index (χ1v) is 10.6. The number of amides is 1. The van der Waals surface area contributed by atoms with Gasteiger partial charge in [0.25, 0.3) is 10.0 Å². The van der Waals surface area contributed by atoms with E-state index in [9.17, 15) is 13.2 Å². The van der Waals surface area contributed by atoms with Gasteiger partial charge in [-0.2, -0.15) is 0 Å². The highest BCUT2D eigenvalue weighted by Gasteiger charge is 2.17. The maximum absolute atomic E-state index is 12.7. The van der Waals surface area contributed by atoms with Crippen molar-refractivity contribution in [1.82, 2.24) is 4.98 Å². The van der Waals surface area contributed by atoms with Gasteiger partial charge in [0.1, 0.15) is 17.0 Å². The van der Waals surface area contributed by atoms with Crippen molar-refractivity contribution in [3.63, 3.8) is 0 Å². The van der Waals surface area contributed by atoms with Crippen LogP contribution in [-0.2, 0) is 14.8 Å². The summed E-state index contributed by atoms with van der Waals surface area (Å²) in [6.45, 7) is 3.74. The van der Waals surface area contributed by atoms with Gasteiger partial charge in [-0.3, -0.25) is 9.52 Å². The number of nitrogens with zero attached hydrogens (tertiary/aromatic N) is 1. The molecule has 0 aliphatic carbocycles. The van der Waals surface area contributed by atoms with Crippen LogP contribution >= 0.6 is 11.3 Å². The smallest absolute Gasteiger partial charge is 0.261 e. The Hall–Kier alpha value is -2.85. The van der Waals surface area contributed by atoms with E-state index in [0.717, 1.165) is 0 Å². The predicted octanol–water partition coefficient (Wildman–Crippen LogP) is 3.46. The zero-order valence-electron chi connectivity index (χ0n) is 15.5. The van der Waals surface area contributed by atoms with Crippen molar-refractivity contribution in [3.8, 4) is 11.5 Å². The summed E-state index contributed by atoms with van der Waals surface area (Å²) < 4.78 is 39.3. The summed E-state index contributed by atoms with van der Waals surface area (Å²) in [7, 11) is -2.33. The number of ether oxygens (including phenoxy) is 2. The standard InChI is InChI=1S/C18H19N3O5S2/c1-4-26-13-5-7-14(8-6-13)28(23,24)21-12-9-15(25-3)17-16(10-12)27-18(20-17)19-11(2)22/h5-10,21H,4H2,1-3H3,(H,19,20,22). The molecular weight excluding hydrogens is 402 g/mol.